The number of carbonyl (C=O) groups excluding carboxylic acids is 1. The highest BCUT2D eigenvalue weighted by molar-refractivity contribution is 7.98. The number of fused-ring (bicyclic) bond motifs is 1. The van der Waals surface area contributed by atoms with E-state index in [9.17, 15) is 14.0 Å². The Morgan fingerprint density at radius 2 is 1.77 bits per heavy atom. The van der Waals surface area contributed by atoms with Crippen LogP contribution in [0.15, 0.2) is 68.8 Å². The third kappa shape index (κ3) is 4.95. The van der Waals surface area contributed by atoms with Crippen molar-refractivity contribution in [1.29, 1.82) is 0 Å². The van der Waals surface area contributed by atoms with Crippen molar-refractivity contribution < 1.29 is 13.7 Å². The van der Waals surface area contributed by atoms with Crippen LogP contribution in [-0.4, -0.2) is 15.6 Å². The monoisotopic (exact) mass is 438 g/mol. The van der Waals surface area contributed by atoms with Crippen LogP contribution in [-0.2, 0) is 5.75 Å². The molecule has 0 aliphatic carbocycles. The summed E-state index contributed by atoms with van der Waals surface area (Å²) < 4.78 is 20.0. The minimum Gasteiger partial charge on any atom is -0.375 e. The van der Waals surface area contributed by atoms with Crippen LogP contribution < -0.4 is 16.2 Å². The predicted octanol–water partition coefficient (Wildman–Crippen LogP) is 4.98. The molecule has 0 aliphatic heterocycles. The second kappa shape index (κ2) is 8.65. The Balaban J connectivity index is 1.35. The first-order valence-electron chi connectivity index (χ1n) is 9.44. The molecular weight excluding hydrogens is 419 g/mol. The van der Waals surface area contributed by atoms with Gasteiger partial charge in [0.05, 0.1) is 5.69 Å². The minimum atomic E-state index is -0.461. The van der Waals surface area contributed by atoms with Crippen molar-refractivity contribution in [3.63, 3.8) is 0 Å². The van der Waals surface area contributed by atoms with Crippen molar-refractivity contribution in [3.8, 4) is 0 Å². The topological polar surface area (TPSA) is 88.6 Å². The summed E-state index contributed by atoms with van der Waals surface area (Å²) in [5.74, 6) is 0.759. The highest BCUT2D eigenvalue weighted by Gasteiger charge is 2.08. The molecule has 0 saturated carbocycles. The van der Waals surface area contributed by atoms with Gasteiger partial charge >= 0.3 is 6.03 Å². The minimum absolute atomic E-state index is 0.257. The summed E-state index contributed by atoms with van der Waals surface area (Å²) in [7, 11) is 0. The van der Waals surface area contributed by atoms with Crippen molar-refractivity contribution >= 4 is 34.8 Å². The number of aromatic nitrogens is 2. The fourth-order valence-corrected chi connectivity index (χ4v) is 3.69. The zero-order valence-electron chi connectivity index (χ0n) is 16.8. The number of anilines is 2. The molecule has 0 unspecified atom stereocenters. The molecule has 0 saturated heterocycles. The molecule has 7 nitrogen and oxygen atoms in total. The molecule has 0 fully saturated rings. The largest absolute Gasteiger partial charge is 0.375 e. The maximum absolute atomic E-state index is 13.6. The summed E-state index contributed by atoms with van der Waals surface area (Å²) in [6.45, 7) is 3.42. The number of halogens is 1. The van der Waals surface area contributed by atoms with Gasteiger partial charge in [-0.1, -0.05) is 6.07 Å². The first-order chi connectivity index (χ1) is 14.9. The lowest BCUT2D eigenvalue weighted by Crippen LogP contribution is -2.19. The number of urea groups is 1. The van der Waals surface area contributed by atoms with E-state index < -0.39 is 6.03 Å². The van der Waals surface area contributed by atoms with Gasteiger partial charge in [0.1, 0.15) is 11.6 Å². The Bertz CT molecular complexity index is 1310. The average Bonchev–Trinajstić information content (AvgIpc) is 3.11. The smallest absolute Gasteiger partial charge is 0.323 e. The van der Waals surface area contributed by atoms with Gasteiger partial charge in [-0.3, -0.25) is 4.79 Å². The van der Waals surface area contributed by atoms with E-state index in [0.29, 0.717) is 39.8 Å². The number of carbonyl (C=O) groups is 1. The van der Waals surface area contributed by atoms with Gasteiger partial charge in [0.15, 0.2) is 5.65 Å². The molecule has 0 atom stereocenters. The predicted molar refractivity (Wildman–Crippen MR) is 118 cm³/mol. The summed E-state index contributed by atoms with van der Waals surface area (Å²) in [5.41, 5.74) is 2.37. The van der Waals surface area contributed by atoms with Crippen LogP contribution in [0, 0.1) is 19.7 Å². The fourth-order valence-electron chi connectivity index (χ4n) is 2.90. The zero-order valence-corrected chi connectivity index (χ0v) is 17.6. The Morgan fingerprint density at radius 1 is 1.06 bits per heavy atom. The Hall–Kier alpha value is -3.59. The number of amides is 2. The Labute approximate surface area is 181 Å². The van der Waals surface area contributed by atoms with Gasteiger partial charge < -0.3 is 15.2 Å². The number of hydrogen-bond donors (Lipinski definition) is 2. The highest BCUT2D eigenvalue weighted by Crippen LogP contribution is 2.24. The van der Waals surface area contributed by atoms with Crippen molar-refractivity contribution in [2.75, 3.05) is 10.6 Å². The SMILES string of the molecule is Cc1cc2nc(CSc3ccc(NC(=O)Nc4ccc(C)c(F)c4)cc3)cc(=O)n2o1. The lowest BCUT2D eigenvalue weighted by atomic mass is 10.2. The highest BCUT2D eigenvalue weighted by atomic mass is 32.2. The third-order valence-corrected chi connectivity index (χ3v) is 5.50. The van der Waals surface area contributed by atoms with E-state index in [0.717, 1.165) is 4.90 Å². The van der Waals surface area contributed by atoms with Crippen LogP contribution in [0.2, 0.25) is 0 Å². The van der Waals surface area contributed by atoms with Gasteiger partial charge in [-0.15, -0.1) is 16.3 Å². The number of nitrogens with one attached hydrogen (secondary N) is 2. The first-order valence-corrected chi connectivity index (χ1v) is 10.4. The molecule has 0 bridgehead atoms. The molecule has 9 heteroatoms. The van der Waals surface area contributed by atoms with Crippen molar-refractivity contribution in [3.05, 3.63) is 87.8 Å². The number of nitrogens with zero attached hydrogens (tertiary/aromatic N) is 2. The molecule has 0 radical (unpaired) electrons. The molecule has 2 amide bonds. The van der Waals surface area contributed by atoms with Crippen LogP contribution in [0.5, 0.6) is 0 Å². The van der Waals surface area contributed by atoms with Gasteiger partial charge in [0, 0.05) is 34.2 Å². The van der Waals surface area contributed by atoms with Crippen LogP contribution in [0.1, 0.15) is 17.0 Å². The Morgan fingerprint density at radius 3 is 2.52 bits per heavy atom. The number of hydrogen-bond acceptors (Lipinski definition) is 5. The molecule has 4 rings (SSSR count). The summed E-state index contributed by atoms with van der Waals surface area (Å²) >= 11 is 1.52. The number of rotatable bonds is 5. The maximum atomic E-state index is 13.6. The van der Waals surface area contributed by atoms with E-state index in [1.54, 1.807) is 44.2 Å². The van der Waals surface area contributed by atoms with E-state index in [4.69, 9.17) is 4.52 Å². The van der Waals surface area contributed by atoms with E-state index >= 15 is 0 Å². The summed E-state index contributed by atoms with van der Waals surface area (Å²) in [4.78, 5) is 29.6. The van der Waals surface area contributed by atoms with Crippen LogP contribution >= 0.6 is 11.8 Å². The quantitative estimate of drug-likeness (QED) is 0.429. The van der Waals surface area contributed by atoms with Crippen LogP contribution in [0.4, 0.5) is 20.6 Å². The zero-order chi connectivity index (χ0) is 22.0. The maximum Gasteiger partial charge on any atom is 0.323 e. The molecule has 31 heavy (non-hydrogen) atoms. The lowest BCUT2D eigenvalue weighted by molar-refractivity contribution is 0.262. The molecule has 2 N–H and O–H groups in total. The van der Waals surface area contributed by atoms with Gasteiger partial charge in [-0.05, 0) is 55.8 Å². The van der Waals surface area contributed by atoms with Crippen molar-refractivity contribution in [2.24, 2.45) is 0 Å². The molecule has 2 aromatic heterocycles. The van der Waals surface area contributed by atoms with Crippen molar-refractivity contribution in [2.45, 2.75) is 24.5 Å². The second-order valence-electron chi connectivity index (χ2n) is 6.94. The lowest BCUT2D eigenvalue weighted by Gasteiger charge is -2.09. The molecule has 0 spiro atoms. The number of aryl methyl sites for hydroxylation is 2. The third-order valence-electron chi connectivity index (χ3n) is 4.45. The van der Waals surface area contributed by atoms with Crippen molar-refractivity contribution in [1.82, 2.24) is 9.56 Å². The van der Waals surface area contributed by atoms with Gasteiger partial charge in [-0.25, -0.2) is 14.2 Å². The van der Waals surface area contributed by atoms with E-state index in [2.05, 4.69) is 15.6 Å². The average molecular weight is 438 g/mol. The van der Waals surface area contributed by atoms with E-state index in [1.807, 2.05) is 12.1 Å². The number of thioether (sulfide) groups is 1. The van der Waals surface area contributed by atoms with E-state index in [1.165, 1.54) is 28.5 Å². The summed E-state index contributed by atoms with van der Waals surface area (Å²) in [6, 6.07) is 14.5. The molecule has 158 valence electrons. The fraction of sp³-hybridized carbons (Fsp3) is 0.136. The van der Waals surface area contributed by atoms with E-state index in [-0.39, 0.29) is 11.4 Å². The Kier molecular flexibility index (Phi) is 5.77. The second-order valence-corrected chi connectivity index (χ2v) is 7.99. The molecule has 2 heterocycles. The molecular formula is C22H19FN4O3S. The van der Waals surface area contributed by atoms with Gasteiger partial charge in [0.2, 0.25) is 0 Å². The number of benzene rings is 2. The van der Waals surface area contributed by atoms with Crippen LogP contribution in [0.25, 0.3) is 5.65 Å². The summed E-state index contributed by atoms with van der Waals surface area (Å²) in [5, 5.41) is 5.31. The van der Waals surface area contributed by atoms with Gasteiger partial charge in [-0.2, -0.15) is 0 Å². The standard InChI is InChI=1S/C22H19FN4O3S/c1-13-3-4-16(10-19(13)23)26-22(29)25-15-5-7-18(8-6-15)31-12-17-11-21(28)27-20(24-17)9-14(2)30-27/h3-11H,12H2,1-2H3,(H2,25,26,29). The molecule has 4 aromatic rings. The molecule has 0 aliphatic rings. The van der Waals surface area contributed by atoms with Gasteiger partial charge in [0.25, 0.3) is 5.56 Å². The normalized spacial score (nSPS) is 10.9. The summed E-state index contributed by atoms with van der Waals surface area (Å²) in [6.07, 6.45) is 0. The molecule has 2 aromatic carbocycles. The first kappa shape index (κ1) is 20.7. The van der Waals surface area contributed by atoms with Crippen LogP contribution in [0.3, 0.4) is 0 Å².